The van der Waals surface area contributed by atoms with Gasteiger partial charge in [0, 0.05) is 18.7 Å². The largest absolute Gasteiger partial charge is 0.486 e. The number of nitrogens with one attached hydrogen (secondary N) is 2. The fourth-order valence-electron chi connectivity index (χ4n) is 2.02. The molecule has 0 unspecified atom stereocenters. The van der Waals surface area contributed by atoms with Crippen LogP contribution in [0.15, 0.2) is 34.3 Å². The zero-order chi connectivity index (χ0) is 12.2. The van der Waals surface area contributed by atoms with Gasteiger partial charge in [0.15, 0.2) is 0 Å². The van der Waals surface area contributed by atoms with Gasteiger partial charge < -0.3 is 15.4 Å². The number of hydrogen-bond donors (Lipinski definition) is 2. The number of rotatable bonds is 4. The Morgan fingerprint density at radius 2 is 2.00 bits per heavy atom. The highest BCUT2D eigenvalue weighted by molar-refractivity contribution is 6.00. The molecule has 0 atom stereocenters. The molecule has 1 aromatic rings. The van der Waals surface area contributed by atoms with Crippen molar-refractivity contribution in [2.24, 2.45) is 9.98 Å². The summed E-state index contributed by atoms with van der Waals surface area (Å²) >= 11 is 0. The number of benzene rings is 1. The van der Waals surface area contributed by atoms with Crippen molar-refractivity contribution < 1.29 is 4.74 Å². The first-order valence-electron chi connectivity index (χ1n) is 6.20. The van der Waals surface area contributed by atoms with E-state index in [4.69, 9.17) is 4.74 Å². The quantitative estimate of drug-likeness (QED) is 0.807. The molecule has 0 amide bonds. The maximum Gasteiger partial charge on any atom is 0.145 e. The molecule has 0 bridgehead atoms. The van der Waals surface area contributed by atoms with Crippen LogP contribution in [0.5, 0.6) is 5.75 Å². The second-order valence-electron chi connectivity index (χ2n) is 4.23. The summed E-state index contributed by atoms with van der Waals surface area (Å²) in [6.07, 6.45) is 0. The lowest BCUT2D eigenvalue weighted by molar-refractivity contribution is 0.373. The minimum atomic E-state index is 0.503. The van der Waals surface area contributed by atoms with Crippen molar-refractivity contribution >= 4 is 11.7 Å². The van der Waals surface area contributed by atoms with Gasteiger partial charge in [0.2, 0.25) is 0 Å². The Morgan fingerprint density at radius 1 is 1.11 bits per heavy atom. The molecule has 2 heterocycles. The predicted molar refractivity (Wildman–Crippen MR) is 71.6 cm³/mol. The van der Waals surface area contributed by atoms with Gasteiger partial charge >= 0.3 is 0 Å². The monoisotopic (exact) mass is 244 g/mol. The lowest BCUT2D eigenvalue weighted by Crippen LogP contribution is -2.25. The zero-order valence-corrected chi connectivity index (χ0v) is 10.1. The highest BCUT2D eigenvalue weighted by atomic mass is 16.5. The second-order valence-corrected chi connectivity index (χ2v) is 4.23. The second kappa shape index (κ2) is 5.08. The topological polar surface area (TPSA) is 58.0 Å². The number of ether oxygens (including phenoxy) is 1. The first kappa shape index (κ1) is 11.1. The summed E-state index contributed by atoms with van der Waals surface area (Å²) in [5.74, 6) is 2.73. The minimum absolute atomic E-state index is 0.503. The average molecular weight is 244 g/mol. The van der Waals surface area contributed by atoms with Gasteiger partial charge in [-0.05, 0) is 12.1 Å². The van der Waals surface area contributed by atoms with Crippen LogP contribution in [0.4, 0.5) is 0 Å². The Hall–Kier alpha value is -2.04. The van der Waals surface area contributed by atoms with E-state index in [1.54, 1.807) is 0 Å². The van der Waals surface area contributed by atoms with Crippen molar-refractivity contribution in [3.05, 3.63) is 29.8 Å². The van der Waals surface area contributed by atoms with Gasteiger partial charge in [-0.25, -0.2) is 0 Å². The summed E-state index contributed by atoms with van der Waals surface area (Å²) < 4.78 is 5.71. The smallest absolute Gasteiger partial charge is 0.145 e. The molecule has 1 aromatic carbocycles. The molecule has 5 heteroatoms. The number of hydrogen-bond acceptors (Lipinski definition) is 5. The molecule has 0 saturated carbocycles. The van der Waals surface area contributed by atoms with Crippen molar-refractivity contribution in [2.45, 2.75) is 0 Å². The molecule has 0 fully saturated rings. The van der Waals surface area contributed by atoms with Gasteiger partial charge in [-0.3, -0.25) is 9.98 Å². The fourth-order valence-corrected chi connectivity index (χ4v) is 2.02. The van der Waals surface area contributed by atoms with Crippen LogP contribution < -0.4 is 15.4 Å². The van der Waals surface area contributed by atoms with E-state index in [-0.39, 0.29) is 0 Å². The van der Waals surface area contributed by atoms with Crippen LogP contribution in [0, 0.1) is 0 Å². The number of nitrogens with zero attached hydrogens (tertiary/aromatic N) is 2. The Labute approximate surface area is 106 Å². The van der Waals surface area contributed by atoms with E-state index in [2.05, 4.69) is 20.6 Å². The van der Waals surface area contributed by atoms with Crippen molar-refractivity contribution in [3.8, 4) is 5.75 Å². The van der Waals surface area contributed by atoms with Gasteiger partial charge in [0.1, 0.15) is 24.0 Å². The zero-order valence-electron chi connectivity index (χ0n) is 10.1. The normalized spacial score (nSPS) is 17.8. The molecule has 0 aromatic heterocycles. The summed E-state index contributed by atoms with van der Waals surface area (Å²) in [5.41, 5.74) is 1.08. The highest BCUT2D eigenvalue weighted by Crippen LogP contribution is 2.14. The van der Waals surface area contributed by atoms with E-state index in [0.717, 1.165) is 49.2 Å². The summed E-state index contributed by atoms with van der Waals surface area (Å²) in [5, 5.41) is 6.44. The highest BCUT2D eigenvalue weighted by Gasteiger charge is 2.09. The minimum Gasteiger partial charge on any atom is -0.486 e. The van der Waals surface area contributed by atoms with Crippen LogP contribution in [0.1, 0.15) is 5.56 Å². The van der Waals surface area contributed by atoms with Crippen molar-refractivity contribution in [1.29, 1.82) is 0 Å². The molecule has 0 saturated heterocycles. The lowest BCUT2D eigenvalue weighted by Gasteiger charge is -2.08. The first-order chi connectivity index (χ1) is 8.92. The van der Waals surface area contributed by atoms with Gasteiger partial charge in [-0.2, -0.15) is 0 Å². The molecule has 0 spiro atoms. The number of aliphatic imine (C=N–C) groups is 2. The van der Waals surface area contributed by atoms with Crippen LogP contribution >= 0.6 is 0 Å². The molecule has 0 aliphatic carbocycles. The molecule has 2 aliphatic heterocycles. The molecule has 5 nitrogen and oxygen atoms in total. The van der Waals surface area contributed by atoms with Crippen molar-refractivity contribution in [3.63, 3.8) is 0 Å². The SMILES string of the molecule is c1cc(OCC2=NCCN2)cc(C2=NCCN2)c1. The maximum atomic E-state index is 5.71. The van der Waals surface area contributed by atoms with Crippen LogP contribution in [0.3, 0.4) is 0 Å². The van der Waals surface area contributed by atoms with E-state index in [0.29, 0.717) is 6.61 Å². The molecule has 94 valence electrons. The molecular formula is C13H16N4O. The van der Waals surface area contributed by atoms with Crippen molar-refractivity contribution in [2.75, 3.05) is 32.8 Å². The van der Waals surface area contributed by atoms with Gasteiger partial charge in [0.05, 0.1) is 13.1 Å². The Morgan fingerprint density at radius 3 is 2.78 bits per heavy atom. The van der Waals surface area contributed by atoms with E-state index in [1.165, 1.54) is 0 Å². The number of amidine groups is 2. The molecule has 18 heavy (non-hydrogen) atoms. The molecule has 2 N–H and O–H groups in total. The lowest BCUT2D eigenvalue weighted by atomic mass is 10.2. The summed E-state index contributed by atoms with van der Waals surface area (Å²) in [4.78, 5) is 8.69. The third kappa shape index (κ3) is 2.45. The van der Waals surface area contributed by atoms with Crippen LogP contribution in [-0.4, -0.2) is 44.5 Å². The summed E-state index contributed by atoms with van der Waals surface area (Å²) in [6, 6.07) is 7.98. The van der Waals surface area contributed by atoms with Crippen molar-refractivity contribution in [1.82, 2.24) is 10.6 Å². The third-order valence-electron chi connectivity index (χ3n) is 2.90. The third-order valence-corrected chi connectivity index (χ3v) is 2.90. The van der Waals surface area contributed by atoms with Crippen LogP contribution in [0.25, 0.3) is 0 Å². The van der Waals surface area contributed by atoms with Crippen LogP contribution in [-0.2, 0) is 0 Å². The van der Waals surface area contributed by atoms with E-state index in [9.17, 15) is 0 Å². The molecular weight excluding hydrogens is 228 g/mol. The summed E-state index contributed by atoms with van der Waals surface area (Å²) in [6.45, 7) is 4.03. The molecule has 2 aliphatic rings. The Bertz CT molecular complexity index is 496. The maximum absolute atomic E-state index is 5.71. The first-order valence-corrected chi connectivity index (χ1v) is 6.20. The fraction of sp³-hybridized carbons (Fsp3) is 0.385. The van der Waals surface area contributed by atoms with E-state index >= 15 is 0 Å². The Kier molecular flexibility index (Phi) is 3.12. The van der Waals surface area contributed by atoms with Gasteiger partial charge in [-0.1, -0.05) is 12.1 Å². The van der Waals surface area contributed by atoms with Crippen LogP contribution in [0.2, 0.25) is 0 Å². The molecule has 3 rings (SSSR count). The standard InChI is InChI=1S/C13H16N4O/c1-2-10(13-16-6-7-17-13)8-11(3-1)18-9-12-14-4-5-15-12/h1-3,8H,4-7,9H2,(H,14,15)(H,16,17). The molecule has 0 radical (unpaired) electrons. The average Bonchev–Trinajstić information content (AvgIpc) is 3.10. The van der Waals surface area contributed by atoms with E-state index in [1.807, 2.05) is 24.3 Å². The summed E-state index contributed by atoms with van der Waals surface area (Å²) in [7, 11) is 0. The predicted octanol–water partition coefficient (Wildman–Crippen LogP) is 0.417. The van der Waals surface area contributed by atoms with Gasteiger partial charge in [0.25, 0.3) is 0 Å². The van der Waals surface area contributed by atoms with Gasteiger partial charge in [-0.15, -0.1) is 0 Å². The van der Waals surface area contributed by atoms with E-state index < -0.39 is 0 Å². The Balaban J connectivity index is 1.66.